The predicted molar refractivity (Wildman–Crippen MR) is 203 cm³/mol. The Hall–Kier alpha value is -5.25. The molecule has 2 aromatic carbocycles. The highest BCUT2D eigenvalue weighted by atomic mass is 35.5. The summed E-state index contributed by atoms with van der Waals surface area (Å²) in [6, 6.07) is 10.9. The molecule has 0 saturated carbocycles. The highest BCUT2D eigenvalue weighted by Gasteiger charge is 2.45. The number of unbranched alkanes of at least 4 members (excludes halogenated alkanes) is 1. The van der Waals surface area contributed by atoms with E-state index < -0.39 is 35.7 Å². The number of imide groups is 2. The number of halogens is 1. The van der Waals surface area contributed by atoms with Crippen molar-refractivity contribution in [3.05, 3.63) is 91.8 Å². The molecule has 2 aromatic heterocycles. The summed E-state index contributed by atoms with van der Waals surface area (Å²) in [5.74, 6) is -0.982. The minimum absolute atomic E-state index is 0.0573. The Morgan fingerprint density at radius 2 is 1.78 bits per heavy atom. The van der Waals surface area contributed by atoms with Crippen LogP contribution in [-0.4, -0.2) is 87.3 Å². The van der Waals surface area contributed by atoms with E-state index in [2.05, 4.69) is 40.0 Å². The largest absolute Gasteiger partial charge is 0.382 e. The molecule has 2 atom stereocenters. The number of benzene rings is 2. The van der Waals surface area contributed by atoms with Gasteiger partial charge in [0.2, 0.25) is 17.7 Å². The van der Waals surface area contributed by atoms with E-state index in [0.29, 0.717) is 55.7 Å². The van der Waals surface area contributed by atoms with Gasteiger partial charge in [-0.05, 0) is 69.9 Å². The smallest absolute Gasteiger partial charge is 0.264 e. The van der Waals surface area contributed by atoms with Gasteiger partial charge in [0.15, 0.2) is 5.82 Å². The maximum atomic E-state index is 13.3. The Bertz CT molecular complexity index is 2200. The minimum atomic E-state index is -1.02. The average molecular weight is 771 g/mol. The first-order valence-electron chi connectivity index (χ1n) is 17.8. The fourth-order valence-corrected chi connectivity index (χ4v) is 8.30. The third-order valence-electron chi connectivity index (χ3n) is 9.80. The molecule has 0 spiro atoms. The monoisotopic (exact) mass is 770 g/mol. The van der Waals surface area contributed by atoms with Crippen LogP contribution in [0.15, 0.2) is 47.5 Å². The molecule has 3 aliphatic heterocycles. The Kier molecular flexibility index (Phi) is 10.7. The first-order valence-corrected chi connectivity index (χ1v) is 19.0. The summed E-state index contributed by atoms with van der Waals surface area (Å²) in [6.07, 6.45) is 1.67. The molecule has 0 bridgehead atoms. The number of aromatic nitrogens is 3. The number of nitrogens with one attached hydrogen (secondary N) is 3. The molecule has 280 valence electrons. The zero-order valence-electron chi connectivity index (χ0n) is 30.0. The molecule has 1 unspecified atom stereocenters. The standard InChI is InChI=1S/C38H39ClN8O6S/c1-20-21(2)54-38-31(20)33(23-9-11-24(39)12-10-23)42-27(34-45-44-22(3)46(34)38)19-30(49)41-15-4-5-17-53-18-16-40-26-8-6-7-25-32(26)37(52)47(36(25)51)28-13-14-29(48)43-35(28)50/h6-12,27-28,40H,4-5,13-19H2,1-3H3,(H,41,49)(H,43,48,50)/t27-,28?/m0/s1. The maximum Gasteiger partial charge on any atom is 0.264 e. The number of aliphatic imine (C=N–C) groups is 1. The van der Waals surface area contributed by atoms with E-state index >= 15 is 0 Å². The van der Waals surface area contributed by atoms with Crippen molar-refractivity contribution < 1.29 is 28.7 Å². The van der Waals surface area contributed by atoms with Crippen molar-refractivity contribution in [1.82, 2.24) is 30.3 Å². The molecule has 7 rings (SSSR count). The Labute approximate surface area is 320 Å². The van der Waals surface area contributed by atoms with E-state index in [4.69, 9.17) is 21.3 Å². The third kappa shape index (κ3) is 7.18. The van der Waals surface area contributed by atoms with Crippen LogP contribution in [0, 0.1) is 20.8 Å². The molecule has 3 N–H and O–H groups in total. The summed E-state index contributed by atoms with van der Waals surface area (Å²) in [4.78, 5) is 70.9. The summed E-state index contributed by atoms with van der Waals surface area (Å²) in [7, 11) is 0. The van der Waals surface area contributed by atoms with Gasteiger partial charge in [-0.15, -0.1) is 21.5 Å². The van der Waals surface area contributed by atoms with Gasteiger partial charge in [-0.3, -0.25) is 43.7 Å². The Morgan fingerprint density at radius 3 is 2.56 bits per heavy atom. The van der Waals surface area contributed by atoms with Crippen LogP contribution < -0.4 is 16.0 Å². The van der Waals surface area contributed by atoms with E-state index in [1.54, 1.807) is 29.5 Å². The van der Waals surface area contributed by atoms with E-state index in [-0.39, 0.29) is 36.3 Å². The van der Waals surface area contributed by atoms with Crippen molar-refractivity contribution in [2.45, 2.75) is 65.0 Å². The van der Waals surface area contributed by atoms with E-state index in [1.165, 1.54) is 4.88 Å². The first kappa shape index (κ1) is 37.1. The third-order valence-corrected chi connectivity index (χ3v) is 11.2. The average Bonchev–Trinajstić information content (AvgIpc) is 3.72. The summed E-state index contributed by atoms with van der Waals surface area (Å²) in [5.41, 5.74) is 4.73. The summed E-state index contributed by atoms with van der Waals surface area (Å²) in [6.45, 7) is 7.73. The van der Waals surface area contributed by atoms with Gasteiger partial charge in [0.05, 0.1) is 29.9 Å². The number of ether oxygens (including phenoxy) is 1. The molecule has 0 radical (unpaired) electrons. The van der Waals surface area contributed by atoms with Crippen LogP contribution in [0.1, 0.15) is 92.1 Å². The zero-order valence-corrected chi connectivity index (χ0v) is 31.6. The number of carbonyl (C=O) groups excluding carboxylic acids is 5. The van der Waals surface area contributed by atoms with E-state index in [9.17, 15) is 24.0 Å². The quantitative estimate of drug-likeness (QED) is 0.129. The van der Waals surface area contributed by atoms with Crippen LogP contribution in [0.4, 0.5) is 5.69 Å². The van der Waals surface area contributed by atoms with Crippen molar-refractivity contribution in [1.29, 1.82) is 0 Å². The molecule has 5 heterocycles. The van der Waals surface area contributed by atoms with Crippen LogP contribution in [-0.2, 0) is 19.1 Å². The fourth-order valence-electron chi connectivity index (χ4n) is 6.96. The van der Waals surface area contributed by atoms with E-state index in [0.717, 1.165) is 38.1 Å². The lowest BCUT2D eigenvalue weighted by Gasteiger charge is -2.27. The molecule has 14 nitrogen and oxygen atoms in total. The van der Waals surface area contributed by atoms with Crippen molar-refractivity contribution >= 4 is 63.9 Å². The number of thiophene rings is 1. The van der Waals surface area contributed by atoms with Crippen LogP contribution >= 0.6 is 22.9 Å². The van der Waals surface area contributed by atoms with Gasteiger partial charge in [-0.2, -0.15) is 0 Å². The Morgan fingerprint density at radius 1 is 0.981 bits per heavy atom. The lowest BCUT2D eigenvalue weighted by molar-refractivity contribution is -0.136. The molecule has 54 heavy (non-hydrogen) atoms. The van der Waals surface area contributed by atoms with Crippen LogP contribution in [0.2, 0.25) is 5.02 Å². The fraction of sp³-hybridized carbons (Fsp3) is 0.368. The van der Waals surface area contributed by atoms with Crippen molar-refractivity contribution in [3.8, 4) is 5.00 Å². The van der Waals surface area contributed by atoms with Gasteiger partial charge in [-0.1, -0.05) is 29.8 Å². The van der Waals surface area contributed by atoms with Gasteiger partial charge >= 0.3 is 0 Å². The Balaban J connectivity index is 0.889. The lowest BCUT2D eigenvalue weighted by atomic mass is 9.99. The van der Waals surface area contributed by atoms with Crippen LogP contribution in [0.25, 0.3) is 5.00 Å². The van der Waals surface area contributed by atoms with Crippen LogP contribution in [0.3, 0.4) is 0 Å². The first-order chi connectivity index (χ1) is 26.0. The van der Waals surface area contributed by atoms with Crippen LogP contribution in [0.5, 0.6) is 0 Å². The number of aryl methyl sites for hydroxylation is 2. The molecular formula is C38H39ClN8O6S. The van der Waals surface area contributed by atoms with Gasteiger partial charge < -0.3 is 15.4 Å². The second-order valence-corrected chi connectivity index (χ2v) is 15.0. The molecule has 5 amide bonds. The zero-order chi connectivity index (χ0) is 38.1. The maximum absolute atomic E-state index is 13.3. The summed E-state index contributed by atoms with van der Waals surface area (Å²) in [5, 5.41) is 18.8. The second-order valence-electron chi connectivity index (χ2n) is 13.4. The normalized spacial score (nSPS) is 17.8. The molecular weight excluding hydrogens is 732 g/mol. The summed E-state index contributed by atoms with van der Waals surface area (Å²) >= 11 is 7.87. The van der Waals surface area contributed by atoms with Crippen molar-refractivity contribution in [3.63, 3.8) is 0 Å². The minimum Gasteiger partial charge on any atom is -0.382 e. The van der Waals surface area contributed by atoms with Gasteiger partial charge in [-0.25, -0.2) is 0 Å². The molecule has 3 aliphatic rings. The number of anilines is 1. The number of rotatable bonds is 13. The van der Waals surface area contributed by atoms with Crippen molar-refractivity contribution in [2.75, 3.05) is 31.6 Å². The van der Waals surface area contributed by atoms with Crippen molar-refractivity contribution in [2.24, 2.45) is 4.99 Å². The molecule has 16 heteroatoms. The number of nitrogens with zero attached hydrogens (tertiary/aromatic N) is 5. The molecule has 4 aromatic rings. The number of carbonyl (C=O) groups is 5. The lowest BCUT2D eigenvalue weighted by Crippen LogP contribution is -2.54. The predicted octanol–water partition coefficient (Wildman–Crippen LogP) is 4.62. The van der Waals surface area contributed by atoms with Gasteiger partial charge in [0.1, 0.15) is 22.9 Å². The molecule has 1 saturated heterocycles. The molecule has 1 fully saturated rings. The van der Waals surface area contributed by atoms with E-state index in [1.807, 2.05) is 35.8 Å². The highest BCUT2D eigenvalue weighted by Crippen LogP contribution is 2.40. The topological polar surface area (TPSA) is 177 Å². The van der Waals surface area contributed by atoms with Gasteiger partial charge in [0, 0.05) is 52.8 Å². The number of hydrogen-bond acceptors (Lipinski definition) is 11. The SMILES string of the molecule is Cc1sc2c(c1C)C(c1ccc(Cl)cc1)=N[C@@H](CC(=O)NCCCCOCCNc1cccc3c1C(=O)N(C1CCC(=O)NC1=O)C3=O)c1nnc(C)n1-2. The number of piperidine rings is 1. The number of hydrogen-bond donors (Lipinski definition) is 3. The second kappa shape index (κ2) is 15.6. The van der Waals surface area contributed by atoms with Gasteiger partial charge in [0.25, 0.3) is 11.8 Å². The summed E-state index contributed by atoms with van der Waals surface area (Å²) < 4.78 is 7.81. The highest BCUT2D eigenvalue weighted by molar-refractivity contribution is 7.15. The number of fused-ring (bicyclic) bond motifs is 4. The molecule has 0 aliphatic carbocycles. The number of amides is 5.